The fraction of sp³-hybridized carbons (Fsp3) is 0.0400. The van der Waals surface area contributed by atoms with Crippen molar-refractivity contribution in [1.82, 2.24) is 10.5 Å². The summed E-state index contributed by atoms with van der Waals surface area (Å²) in [5.41, 5.74) is 4.35. The van der Waals surface area contributed by atoms with Crippen LogP contribution in [0.2, 0.25) is 0 Å². The second-order valence-corrected chi connectivity index (χ2v) is 8.48. The predicted molar refractivity (Wildman–Crippen MR) is 134 cm³/mol. The fourth-order valence-electron chi connectivity index (χ4n) is 3.12. The number of nitrogens with zero attached hydrogens (tertiary/aromatic N) is 1. The van der Waals surface area contributed by atoms with Gasteiger partial charge in [-0.1, -0.05) is 6.07 Å². The molecule has 4 aromatic rings. The minimum absolute atomic E-state index is 0.0814. The molecule has 0 aliphatic heterocycles. The molecule has 10 nitrogen and oxygen atoms in total. The third-order valence-electron chi connectivity index (χ3n) is 4.80. The summed E-state index contributed by atoms with van der Waals surface area (Å²) < 4.78 is 19.7. The number of thiophene rings is 1. The minimum atomic E-state index is -1.62. The number of carboxylic acid groups (broad SMARTS) is 1. The summed E-state index contributed by atoms with van der Waals surface area (Å²) in [7, 11) is 0. The number of amides is 3. The molecule has 188 valence electrons. The number of rotatable bonds is 6. The molecule has 0 bridgehead atoms. The van der Waals surface area contributed by atoms with Crippen LogP contribution in [0.15, 0.2) is 72.2 Å². The van der Waals surface area contributed by atoms with Gasteiger partial charge in [0, 0.05) is 28.9 Å². The van der Waals surface area contributed by atoms with E-state index in [9.17, 15) is 18.8 Å². The number of benzene rings is 2. The molecule has 0 aliphatic carbocycles. The van der Waals surface area contributed by atoms with Crippen molar-refractivity contribution in [2.75, 3.05) is 10.6 Å². The molecule has 0 saturated carbocycles. The van der Waals surface area contributed by atoms with Crippen LogP contribution in [0.25, 0.3) is 11.3 Å². The van der Waals surface area contributed by atoms with Crippen molar-refractivity contribution >= 4 is 40.8 Å². The van der Waals surface area contributed by atoms with Crippen LogP contribution in [-0.2, 0) is 4.84 Å². The Morgan fingerprint density at radius 2 is 1.76 bits per heavy atom. The third kappa shape index (κ3) is 6.80. The molecule has 2 aromatic carbocycles. The number of carbonyl (C=O) groups is 3. The number of hydrogen-bond acceptors (Lipinski definition) is 7. The summed E-state index contributed by atoms with van der Waals surface area (Å²) in [6.07, 6.45) is -0.0818. The molecule has 2 aromatic heterocycles. The summed E-state index contributed by atoms with van der Waals surface area (Å²) in [6.45, 7) is 1.80. The number of aryl methyl sites for hydroxylation is 1. The number of carbonyl (C=O) groups excluding carboxylic acids is 2. The summed E-state index contributed by atoms with van der Waals surface area (Å²) in [5.74, 6) is -0.262. The molecule has 0 radical (unpaired) electrons. The van der Waals surface area contributed by atoms with E-state index in [1.54, 1.807) is 67.0 Å². The maximum absolute atomic E-state index is 13.9. The van der Waals surface area contributed by atoms with E-state index in [0.717, 1.165) is 16.9 Å². The van der Waals surface area contributed by atoms with Crippen LogP contribution in [0.4, 0.5) is 25.4 Å². The van der Waals surface area contributed by atoms with Gasteiger partial charge in [0.25, 0.3) is 5.91 Å². The molecule has 3 amide bonds. The maximum Gasteiger partial charge on any atom is 0.530 e. The molecular formula is C25H19FN4O6S. The lowest BCUT2D eigenvalue weighted by Crippen LogP contribution is -2.25. The zero-order chi connectivity index (χ0) is 26.4. The summed E-state index contributed by atoms with van der Waals surface area (Å²) in [4.78, 5) is 43.2. The quantitative estimate of drug-likeness (QED) is 0.227. The van der Waals surface area contributed by atoms with Gasteiger partial charge in [0.1, 0.15) is 17.3 Å². The third-order valence-corrected chi connectivity index (χ3v) is 5.73. The van der Waals surface area contributed by atoms with E-state index in [1.807, 2.05) is 5.48 Å². The van der Waals surface area contributed by atoms with E-state index >= 15 is 0 Å². The van der Waals surface area contributed by atoms with E-state index in [2.05, 4.69) is 20.5 Å². The highest BCUT2D eigenvalue weighted by molar-refractivity contribution is 7.12. The Balaban J connectivity index is 1.37. The van der Waals surface area contributed by atoms with Crippen LogP contribution in [0.5, 0.6) is 11.5 Å². The molecule has 4 N–H and O–H groups in total. The lowest BCUT2D eigenvalue weighted by molar-refractivity contribution is 0.0353. The Bertz CT molecular complexity index is 1460. The van der Waals surface area contributed by atoms with Gasteiger partial charge in [0.05, 0.1) is 16.3 Å². The van der Waals surface area contributed by atoms with Gasteiger partial charge in [0.2, 0.25) is 0 Å². The summed E-state index contributed by atoms with van der Waals surface area (Å²) in [5, 5.41) is 15.3. The van der Waals surface area contributed by atoms with E-state index in [0.29, 0.717) is 28.4 Å². The first-order valence-corrected chi connectivity index (χ1v) is 11.5. The first-order chi connectivity index (χ1) is 17.8. The number of anilines is 2. The van der Waals surface area contributed by atoms with Crippen LogP contribution in [-0.4, -0.2) is 28.2 Å². The molecule has 2 heterocycles. The first kappa shape index (κ1) is 25.1. The van der Waals surface area contributed by atoms with Crippen molar-refractivity contribution < 1.29 is 33.5 Å². The topological polar surface area (TPSA) is 139 Å². The molecule has 0 fully saturated rings. The number of hydrogen-bond donors (Lipinski definition) is 4. The van der Waals surface area contributed by atoms with Crippen molar-refractivity contribution in [3.63, 3.8) is 0 Å². The Morgan fingerprint density at radius 3 is 2.51 bits per heavy atom. The average Bonchev–Trinajstić information content (AvgIpc) is 3.37. The standard InChI is InChI=1S/C25H19FN4O6S/c1-14-2-7-19(26)21(10-14)29-24(32)28-16-3-5-17(6-4-16)35-18-8-9-27-20(12-18)15-11-22(37-13-15)23(31)30-36-25(33)34/h2-13H,1H3,(H,30,31)(H,33,34)(H2,28,29,32). The van der Waals surface area contributed by atoms with Gasteiger partial charge in [-0.25, -0.2) is 14.0 Å². The molecule has 0 unspecified atom stereocenters. The lowest BCUT2D eigenvalue weighted by atomic mass is 10.2. The number of nitrogens with one attached hydrogen (secondary N) is 3. The van der Waals surface area contributed by atoms with Gasteiger partial charge in [-0.3, -0.25) is 9.78 Å². The zero-order valence-electron chi connectivity index (χ0n) is 19.2. The molecule has 0 saturated heterocycles. The predicted octanol–water partition coefficient (Wildman–Crippen LogP) is 6.03. The van der Waals surface area contributed by atoms with Crippen LogP contribution in [0.3, 0.4) is 0 Å². The van der Waals surface area contributed by atoms with E-state index in [1.165, 1.54) is 12.1 Å². The van der Waals surface area contributed by atoms with Crippen molar-refractivity contribution in [2.45, 2.75) is 6.92 Å². The van der Waals surface area contributed by atoms with Crippen LogP contribution < -0.4 is 20.9 Å². The van der Waals surface area contributed by atoms with Gasteiger partial charge in [-0.15, -0.1) is 11.3 Å². The molecule has 12 heteroatoms. The SMILES string of the molecule is Cc1ccc(F)c(NC(=O)Nc2ccc(Oc3ccnc(-c4csc(C(=O)NOC(=O)O)c4)c3)cc2)c1. The van der Waals surface area contributed by atoms with Gasteiger partial charge < -0.3 is 25.3 Å². The zero-order valence-corrected chi connectivity index (χ0v) is 20.0. The summed E-state index contributed by atoms with van der Waals surface area (Å²) >= 11 is 1.10. The highest BCUT2D eigenvalue weighted by atomic mass is 32.1. The average molecular weight is 523 g/mol. The summed E-state index contributed by atoms with van der Waals surface area (Å²) in [6, 6.07) is 15.3. The molecule has 4 rings (SSSR count). The Morgan fingerprint density at radius 1 is 0.973 bits per heavy atom. The maximum atomic E-state index is 13.9. The van der Waals surface area contributed by atoms with Gasteiger partial charge in [-0.2, -0.15) is 5.48 Å². The highest BCUT2D eigenvalue weighted by Gasteiger charge is 2.13. The van der Waals surface area contributed by atoms with Crippen LogP contribution in [0.1, 0.15) is 15.2 Å². The molecule has 0 atom stereocenters. The van der Waals surface area contributed by atoms with Gasteiger partial charge in [0.15, 0.2) is 0 Å². The van der Waals surface area contributed by atoms with Crippen molar-refractivity contribution in [3.05, 3.63) is 88.5 Å². The van der Waals surface area contributed by atoms with E-state index in [4.69, 9.17) is 9.84 Å². The van der Waals surface area contributed by atoms with Gasteiger partial charge in [-0.05, 0) is 61.0 Å². The Labute approximate surface area is 213 Å². The minimum Gasteiger partial charge on any atom is -0.457 e. The Hall–Kier alpha value is -4.97. The fourth-order valence-corrected chi connectivity index (χ4v) is 3.91. The second kappa shape index (κ2) is 11.2. The monoisotopic (exact) mass is 522 g/mol. The number of halogens is 1. The highest BCUT2D eigenvalue weighted by Crippen LogP contribution is 2.29. The Kier molecular flexibility index (Phi) is 7.59. The normalized spacial score (nSPS) is 10.3. The number of hydroxylamine groups is 1. The van der Waals surface area contributed by atoms with Crippen molar-refractivity contribution in [2.24, 2.45) is 0 Å². The molecule has 0 aliphatic rings. The van der Waals surface area contributed by atoms with Crippen molar-refractivity contribution in [3.8, 4) is 22.8 Å². The van der Waals surface area contributed by atoms with E-state index in [-0.39, 0.29) is 10.6 Å². The number of aromatic nitrogens is 1. The number of ether oxygens (including phenoxy) is 1. The number of pyridine rings is 1. The van der Waals surface area contributed by atoms with Gasteiger partial charge >= 0.3 is 12.2 Å². The molecular weight excluding hydrogens is 503 g/mol. The van der Waals surface area contributed by atoms with Crippen LogP contribution in [0, 0.1) is 12.7 Å². The molecule has 37 heavy (non-hydrogen) atoms. The van der Waals surface area contributed by atoms with Crippen molar-refractivity contribution in [1.29, 1.82) is 0 Å². The largest absolute Gasteiger partial charge is 0.530 e. The first-order valence-electron chi connectivity index (χ1n) is 10.6. The smallest absolute Gasteiger partial charge is 0.457 e. The van der Waals surface area contributed by atoms with E-state index < -0.39 is 23.9 Å². The number of urea groups is 1. The molecule has 0 spiro atoms. The second-order valence-electron chi connectivity index (χ2n) is 7.56. The lowest BCUT2D eigenvalue weighted by Gasteiger charge is -2.10. The van der Waals surface area contributed by atoms with Crippen LogP contribution >= 0.6 is 11.3 Å².